The Labute approximate surface area is 85.5 Å². The molecule has 1 unspecified atom stereocenters. The third-order valence-corrected chi connectivity index (χ3v) is 2.11. The van der Waals surface area contributed by atoms with E-state index >= 15 is 0 Å². The van der Waals surface area contributed by atoms with Crippen molar-refractivity contribution in [1.29, 1.82) is 0 Å². The summed E-state index contributed by atoms with van der Waals surface area (Å²) in [5.74, 6) is -2.12. The van der Waals surface area contributed by atoms with Gasteiger partial charge in [0, 0.05) is 6.42 Å². The van der Waals surface area contributed by atoms with Gasteiger partial charge in [0.15, 0.2) is 0 Å². The summed E-state index contributed by atoms with van der Waals surface area (Å²) < 4.78 is 0. The number of aliphatic hydroxyl groups excluding tert-OH is 1. The second-order valence-corrected chi connectivity index (χ2v) is 3.24. The molecule has 0 aromatic rings. The zero-order valence-electron chi connectivity index (χ0n) is 7.90. The lowest BCUT2D eigenvalue weighted by molar-refractivity contribution is -0.143. The van der Waals surface area contributed by atoms with Crippen LogP contribution < -0.4 is 10.6 Å². The quantitative estimate of drug-likeness (QED) is 0.426. The molecule has 2 atom stereocenters. The van der Waals surface area contributed by atoms with Crippen LogP contribution in [0.2, 0.25) is 0 Å². The molecule has 1 fully saturated rings. The van der Waals surface area contributed by atoms with Gasteiger partial charge in [-0.15, -0.1) is 0 Å². The summed E-state index contributed by atoms with van der Waals surface area (Å²) in [6.07, 6.45) is 0.609. The van der Waals surface area contributed by atoms with Crippen LogP contribution in [0.25, 0.3) is 0 Å². The number of nitrogens with one attached hydrogen (secondary N) is 2. The van der Waals surface area contributed by atoms with E-state index in [9.17, 15) is 14.4 Å². The molecule has 1 saturated heterocycles. The first-order valence-electron chi connectivity index (χ1n) is 4.48. The molecular formula is C8H12N2O5. The van der Waals surface area contributed by atoms with E-state index in [1.54, 1.807) is 0 Å². The van der Waals surface area contributed by atoms with E-state index in [4.69, 9.17) is 10.2 Å². The minimum Gasteiger partial charge on any atom is -0.480 e. The predicted octanol–water partition coefficient (Wildman–Crippen LogP) is -2.17. The molecule has 15 heavy (non-hydrogen) atoms. The Morgan fingerprint density at radius 1 is 1.60 bits per heavy atom. The molecule has 1 rings (SSSR count). The van der Waals surface area contributed by atoms with E-state index < -0.39 is 30.6 Å². The van der Waals surface area contributed by atoms with Crippen molar-refractivity contribution < 1.29 is 24.6 Å². The highest BCUT2D eigenvalue weighted by molar-refractivity contribution is 5.92. The predicted molar refractivity (Wildman–Crippen MR) is 47.8 cm³/mol. The summed E-state index contributed by atoms with van der Waals surface area (Å²) in [4.78, 5) is 32.6. The number of carboxylic acid groups (broad SMARTS) is 1. The number of carbonyl (C=O) groups is 3. The van der Waals surface area contributed by atoms with E-state index in [1.807, 2.05) is 0 Å². The van der Waals surface area contributed by atoms with Gasteiger partial charge in [0.1, 0.15) is 12.1 Å². The summed E-state index contributed by atoms with van der Waals surface area (Å²) in [7, 11) is 0. The number of carbonyl (C=O) groups excluding carboxylic acids is 2. The lowest BCUT2D eigenvalue weighted by atomic mass is 10.2. The summed E-state index contributed by atoms with van der Waals surface area (Å²) in [5.41, 5.74) is 0. The minimum atomic E-state index is -1.32. The molecule has 84 valence electrons. The standard InChI is InChI=1S/C8H12N2O5/c11-3-5(8(14)15)10-7(13)4-1-2-6(12)9-4/h4-5,11H,1-3H2,(H,9,12)(H,10,13)(H,14,15)/t4?,5-/m1/s1. The molecule has 7 nitrogen and oxygen atoms in total. The van der Waals surface area contributed by atoms with Gasteiger partial charge >= 0.3 is 5.97 Å². The number of hydrogen-bond acceptors (Lipinski definition) is 4. The molecule has 0 radical (unpaired) electrons. The van der Waals surface area contributed by atoms with Crippen molar-refractivity contribution in [2.75, 3.05) is 6.61 Å². The van der Waals surface area contributed by atoms with E-state index in [0.29, 0.717) is 6.42 Å². The van der Waals surface area contributed by atoms with Gasteiger partial charge in [0.25, 0.3) is 0 Å². The Hall–Kier alpha value is -1.63. The highest BCUT2D eigenvalue weighted by atomic mass is 16.4. The topological polar surface area (TPSA) is 116 Å². The number of hydrogen-bond donors (Lipinski definition) is 4. The van der Waals surface area contributed by atoms with Gasteiger partial charge in [-0.1, -0.05) is 0 Å². The van der Waals surface area contributed by atoms with Crippen LogP contribution in [-0.4, -0.2) is 46.7 Å². The van der Waals surface area contributed by atoms with Gasteiger partial charge in [-0.3, -0.25) is 9.59 Å². The second kappa shape index (κ2) is 4.74. The zero-order valence-corrected chi connectivity index (χ0v) is 7.90. The fourth-order valence-corrected chi connectivity index (χ4v) is 1.27. The number of aliphatic hydroxyl groups is 1. The van der Waals surface area contributed by atoms with Crippen molar-refractivity contribution >= 4 is 17.8 Å². The van der Waals surface area contributed by atoms with Crippen LogP contribution in [0, 0.1) is 0 Å². The summed E-state index contributed by atoms with van der Waals surface area (Å²) >= 11 is 0. The largest absolute Gasteiger partial charge is 0.480 e. The maximum absolute atomic E-state index is 11.4. The summed E-state index contributed by atoms with van der Waals surface area (Å²) in [6.45, 7) is -0.679. The van der Waals surface area contributed by atoms with Crippen LogP contribution >= 0.6 is 0 Å². The SMILES string of the molecule is O=C1CCC(C(=O)N[C@H](CO)C(=O)O)N1. The highest BCUT2D eigenvalue weighted by Crippen LogP contribution is 2.06. The third kappa shape index (κ3) is 2.91. The van der Waals surface area contributed by atoms with Gasteiger partial charge in [-0.2, -0.15) is 0 Å². The van der Waals surface area contributed by atoms with Crippen LogP contribution in [0.1, 0.15) is 12.8 Å². The Morgan fingerprint density at radius 2 is 2.27 bits per heavy atom. The maximum atomic E-state index is 11.4. The molecule has 0 aromatic carbocycles. The van der Waals surface area contributed by atoms with Gasteiger partial charge < -0.3 is 20.8 Å². The number of amides is 2. The van der Waals surface area contributed by atoms with Gasteiger partial charge in [-0.05, 0) is 6.42 Å². The highest BCUT2D eigenvalue weighted by Gasteiger charge is 2.29. The number of rotatable bonds is 4. The minimum absolute atomic E-state index is 0.231. The van der Waals surface area contributed by atoms with E-state index in [0.717, 1.165) is 0 Å². The molecule has 4 N–H and O–H groups in total. The van der Waals surface area contributed by atoms with Crippen molar-refractivity contribution in [3.8, 4) is 0 Å². The molecule has 0 aliphatic carbocycles. The fourth-order valence-electron chi connectivity index (χ4n) is 1.27. The first-order valence-corrected chi connectivity index (χ1v) is 4.48. The van der Waals surface area contributed by atoms with Gasteiger partial charge in [-0.25, -0.2) is 4.79 Å². The van der Waals surface area contributed by atoms with E-state index in [1.165, 1.54) is 0 Å². The van der Waals surface area contributed by atoms with Crippen molar-refractivity contribution in [1.82, 2.24) is 10.6 Å². The Kier molecular flexibility index (Phi) is 3.62. The number of aliphatic carboxylic acids is 1. The van der Waals surface area contributed by atoms with Crippen molar-refractivity contribution in [2.24, 2.45) is 0 Å². The Balaban J connectivity index is 2.47. The van der Waals surface area contributed by atoms with Gasteiger partial charge in [0.2, 0.25) is 11.8 Å². The average molecular weight is 216 g/mol. The normalized spacial score (nSPS) is 21.9. The van der Waals surface area contributed by atoms with Crippen LogP contribution in [0.3, 0.4) is 0 Å². The molecule has 0 aromatic heterocycles. The lowest BCUT2D eigenvalue weighted by Gasteiger charge is -2.15. The van der Waals surface area contributed by atoms with Gasteiger partial charge in [0.05, 0.1) is 6.61 Å². The van der Waals surface area contributed by atoms with Crippen LogP contribution in [0.15, 0.2) is 0 Å². The molecule has 1 heterocycles. The van der Waals surface area contributed by atoms with E-state index in [-0.39, 0.29) is 12.3 Å². The van der Waals surface area contributed by atoms with Crippen molar-refractivity contribution in [2.45, 2.75) is 24.9 Å². The van der Waals surface area contributed by atoms with E-state index in [2.05, 4.69) is 10.6 Å². The van der Waals surface area contributed by atoms with Crippen molar-refractivity contribution in [3.05, 3.63) is 0 Å². The molecule has 1 aliphatic heterocycles. The smallest absolute Gasteiger partial charge is 0.328 e. The molecule has 0 saturated carbocycles. The zero-order chi connectivity index (χ0) is 11.4. The van der Waals surface area contributed by atoms with Crippen LogP contribution in [-0.2, 0) is 14.4 Å². The van der Waals surface area contributed by atoms with Crippen molar-refractivity contribution in [3.63, 3.8) is 0 Å². The fraction of sp³-hybridized carbons (Fsp3) is 0.625. The molecule has 2 amide bonds. The molecule has 7 heteroatoms. The Bertz CT molecular complexity index is 291. The molecule has 0 spiro atoms. The molecule has 0 bridgehead atoms. The molecule has 1 aliphatic rings. The second-order valence-electron chi connectivity index (χ2n) is 3.24. The number of carboxylic acids is 1. The first-order chi connectivity index (χ1) is 7.04. The first kappa shape index (κ1) is 11.4. The summed E-state index contributed by atoms with van der Waals surface area (Å²) in [6, 6.07) is -2.01. The Morgan fingerprint density at radius 3 is 2.67 bits per heavy atom. The lowest BCUT2D eigenvalue weighted by Crippen LogP contribution is -2.50. The maximum Gasteiger partial charge on any atom is 0.328 e. The average Bonchev–Trinajstić information content (AvgIpc) is 2.60. The third-order valence-electron chi connectivity index (χ3n) is 2.11. The van der Waals surface area contributed by atoms with Crippen LogP contribution in [0.4, 0.5) is 0 Å². The monoisotopic (exact) mass is 216 g/mol. The summed E-state index contributed by atoms with van der Waals surface area (Å²) in [5, 5.41) is 21.7. The molecular weight excluding hydrogens is 204 g/mol. The van der Waals surface area contributed by atoms with Crippen LogP contribution in [0.5, 0.6) is 0 Å².